The maximum atomic E-state index is 12.4. The summed E-state index contributed by atoms with van der Waals surface area (Å²) in [6.45, 7) is 10.7. The Bertz CT molecular complexity index is 1020. The summed E-state index contributed by atoms with van der Waals surface area (Å²) in [4.78, 5) is 18.4. The molecule has 32 heavy (non-hydrogen) atoms. The standard InChI is InChI=1S/C24H25N3O3.C2H6/c1-23(2,3)30-22(28)27-12-10-24(11-13-27)14-20(17-8-9-18(15-25)26-16-17)19-6-4-5-7-21(19)29-24;1-2/h4-9,14,16H,10-13H2,1-3H3;1-2H3. The van der Waals surface area contributed by atoms with Gasteiger partial charge in [0.05, 0.1) is 0 Å². The SMILES string of the molecule is CC.CC(C)(C)OC(=O)N1CCC2(C=C(c3ccc(C#N)nc3)c3ccccc3O2)CC1. The van der Waals surface area contributed by atoms with E-state index >= 15 is 0 Å². The third kappa shape index (κ3) is 5.11. The highest BCUT2D eigenvalue weighted by atomic mass is 16.6. The molecule has 3 heterocycles. The normalized spacial score (nSPS) is 16.5. The zero-order valence-corrected chi connectivity index (χ0v) is 19.5. The molecule has 1 aromatic carbocycles. The van der Waals surface area contributed by atoms with Gasteiger partial charge in [0.2, 0.25) is 0 Å². The van der Waals surface area contributed by atoms with Crippen molar-refractivity contribution in [1.29, 1.82) is 5.26 Å². The smallest absolute Gasteiger partial charge is 0.410 e. The molecule has 0 aliphatic carbocycles. The minimum Gasteiger partial charge on any atom is -0.482 e. The van der Waals surface area contributed by atoms with Crippen molar-refractivity contribution < 1.29 is 14.3 Å². The molecular formula is C26H31N3O3. The van der Waals surface area contributed by atoms with Crippen LogP contribution >= 0.6 is 0 Å². The van der Waals surface area contributed by atoms with Crippen molar-refractivity contribution >= 4 is 11.7 Å². The third-order valence-electron chi connectivity index (χ3n) is 5.35. The van der Waals surface area contributed by atoms with Gasteiger partial charge < -0.3 is 14.4 Å². The molecule has 6 heteroatoms. The topological polar surface area (TPSA) is 75.5 Å². The largest absolute Gasteiger partial charge is 0.482 e. The summed E-state index contributed by atoms with van der Waals surface area (Å²) in [6, 6.07) is 13.7. The lowest BCUT2D eigenvalue weighted by Gasteiger charge is -2.43. The van der Waals surface area contributed by atoms with Gasteiger partial charge in [-0.15, -0.1) is 0 Å². The molecule has 6 nitrogen and oxygen atoms in total. The summed E-state index contributed by atoms with van der Waals surface area (Å²) < 4.78 is 12.0. The van der Waals surface area contributed by atoms with Crippen LogP contribution in [-0.2, 0) is 4.74 Å². The molecule has 0 radical (unpaired) electrons. The fraction of sp³-hybridized carbons (Fsp3) is 0.423. The first-order valence-electron chi connectivity index (χ1n) is 11.1. The summed E-state index contributed by atoms with van der Waals surface area (Å²) in [7, 11) is 0. The average molecular weight is 434 g/mol. The number of likely N-dealkylation sites (tertiary alicyclic amines) is 1. The van der Waals surface area contributed by atoms with Gasteiger partial charge in [-0.05, 0) is 50.6 Å². The first kappa shape index (κ1) is 23.3. The maximum absolute atomic E-state index is 12.4. The minimum absolute atomic E-state index is 0.283. The second-order valence-corrected chi connectivity index (χ2v) is 8.73. The number of hydrogen-bond donors (Lipinski definition) is 0. The van der Waals surface area contributed by atoms with Gasteiger partial charge in [0.25, 0.3) is 0 Å². The van der Waals surface area contributed by atoms with E-state index in [1.165, 1.54) is 0 Å². The minimum atomic E-state index is -0.512. The second-order valence-electron chi connectivity index (χ2n) is 8.73. The quantitative estimate of drug-likeness (QED) is 0.587. The highest BCUT2D eigenvalue weighted by Crippen LogP contribution is 2.43. The number of pyridine rings is 1. The number of amides is 1. The van der Waals surface area contributed by atoms with E-state index in [2.05, 4.69) is 17.1 Å². The van der Waals surface area contributed by atoms with E-state index in [4.69, 9.17) is 14.7 Å². The average Bonchev–Trinajstić information content (AvgIpc) is 2.79. The van der Waals surface area contributed by atoms with Crippen molar-refractivity contribution in [3.8, 4) is 11.8 Å². The highest BCUT2D eigenvalue weighted by molar-refractivity contribution is 5.84. The van der Waals surface area contributed by atoms with Crippen molar-refractivity contribution in [2.45, 2.75) is 58.7 Å². The van der Waals surface area contributed by atoms with Crippen molar-refractivity contribution in [2.24, 2.45) is 0 Å². The number of carbonyl (C=O) groups is 1. The van der Waals surface area contributed by atoms with Gasteiger partial charge in [-0.25, -0.2) is 9.78 Å². The Morgan fingerprint density at radius 3 is 2.44 bits per heavy atom. The van der Waals surface area contributed by atoms with Gasteiger partial charge in [-0.2, -0.15) is 5.26 Å². The summed E-state index contributed by atoms with van der Waals surface area (Å²) >= 11 is 0. The van der Waals surface area contributed by atoms with Crippen LogP contribution in [0.4, 0.5) is 4.79 Å². The molecule has 0 N–H and O–H groups in total. The first-order valence-corrected chi connectivity index (χ1v) is 11.1. The first-order chi connectivity index (χ1) is 15.3. The molecule has 2 aliphatic heterocycles. The molecule has 0 bridgehead atoms. The maximum Gasteiger partial charge on any atom is 0.410 e. The van der Waals surface area contributed by atoms with E-state index < -0.39 is 11.2 Å². The number of hydrogen-bond acceptors (Lipinski definition) is 5. The molecule has 4 rings (SSSR count). The van der Waals surface area contributed by atoms with Crippen LogP contribution in [0.5, 0.6) is 5.75 Å². The Morgan fingerprint density at radius 2 is 1.84 bits per heavy atom. The summed E-state index contributed by atoms with van der Waals surface area (Å²) in [6.07, 6.45) is 4.96. The number of rotatable bonds is 1. The Labute approximate surface area is 190 Å². The van der Waals surface area contributed by atoms with Crippen LogP contribution in [-0.4, -0.2) is 40.3 Å². The highest BCUT2D eigenvalue weighted by Gasteiger charge is 2.40. The van der Waals surface area contributed by atoms with Crippen molar-refractivity contribution in [1.82, 2.24) is 9.88 Å². The predicted octanol–water partition coefficient (Wildman–Crippen LogP) is 5.57. The molecule has 2 aliphatic rings. The molecule has 0 unspecified atom stereocenters. The zero-order valence-electron chi connectivity index (χ0n) is 19.5. The van der Waals surface area contributed by atoms with Gasteiger partial charge in [0, 0.05) is 43.3 Å². The van der Waals surface area contributed by atoms with Crippen LogP contribution in [0.1, 0.15) is 64.3 Å². The molecule has 1 amide bonds. The van der Waals surface area contributed by atoms with Crippen LogP contribution in [0.25, 0.3) is 5.57 Å². The van der Waals surface area contributed by atoms with E-state index in [-0.39, 0.29) is 6.09 Å². The van der Waals surface area contributed by atoms with E-state index in [9.17, 15) is 4.79 Å². The van der Waals surface area contributed by atoms with Crippen LogP contribution in [0, 0.1) is 11.3 Å². The lowest BCUT2D eigenvalue weighted by molar-refractivity contribution is -0.00115. The number of carbonyl (C=O) groups excluding carboxylic acids is 1. The van der Waals surface area contributed by atoms with Crippen molar-refractivity contribution in [3.63, 3.8) is 0 Å². The van der Waals surface area contributed by atoms with E-state index in [0.717, 1.165) is 22.4 Å². The predicted molar refractivity (Wildman–Crippen MR) is 124 cm³/mol. The molecule has 168 valence electrons. The molecule has 1 spiro atoms. The van der Waals surface area contributed by atoms with E-state index in [0.29, 0.717) is 31.6 Å². The number of benzene rings is 1. The Morgan fingerprint density at radius 1 is 1.16 bits per heavy atom. The monoisotopic (exact) mass is 433 g/mol. The third-order valence-corrected chi connectivity index (χ3v) is 5.35. The Hall–Kier alpha value is -3.33. The summed E-state index contributed by atoms with van der Waals surface area (Å²) in [5.74, 6) is 0.824. The van der Waals surface area contributed by atoms with Crippen molar-refractivity contribution in [3.05, 3.63) is 65.5 Å². The Kier molecular flexibility index (Phi) is 6.88. The van der Waals surface area contributed by atoms with Gasteiger partial charge in [-0.1, -0.05) is 32.0 Å². The number of aromatic nitrogens is 1. The molecule has 1 aromatic heterocycles. The molecule has 2 aromatic rings. The lowest BCUT2D eigenvalue weighted by Crippen LogP contribution is -2.50. The Balaban J connectivity index is 0.00000141. The molecule has 1 fully saturated rings. The van der Waals surface area contributed by atoms with E-state index in [1.807, 2.05) is 65.0 Å². The zero-order chi connectivity index (χ0) is 23.4. The van der Waals surface area contributed by atoms with Gasteiger partial charge in [0.15, 0.2) is 0 Å². The lowest BCUT2D eigenvalue weighted by atomic mass is 9.83. The number of fused-ring (bicyclic) bond motifs is 1. The summed E-state index contributed by atoms with van der Waals surface area (Å²) in [5.41, 5.74) is 2.38. The number of nitrogens with zero attached hydrogens (tertiary/aromatic N) is 3. The molecular weight excluding hydrogens is 402 g/mol. The van der Waals surface area contributed by atoms with Gasteiger partial charge in [-0.3, -0.25) is 0 Å². The van der Waals surface area contributed by atoms with Crippen LogP contribution < -0.4 is 4.74 Å². The van der Waals surface area contributed by atoms with Gasteiger partial charge in [0.1, 0.15) is 28.7 Å². The van der Waals surface area contributed by atoms with Crippen molar-refractivity contribution in [2.75, 3.05) is 13.1 Å². The van der Waals surface area contributed by atoms with E-state index in [1.54, 1.807) is 17.2 Å². The molecule has 0 atom stereocenters. The number of para-hydroxylation sites is 1. The van der Waals surface area contributed by atoms with Crippen LogP contribution in [0.2, 0.25) is 0 Å². The molecule has 1 saturated heterocycles. The van der Waals surface area contributed by atoms with Crippen LogP contribution in [0.3, 0.4) is 0 Å². The fourth-order valence-electron chi connectivity index (χ4n) is 3.87. The van der Waals surface area contributed by atoms with Crippen LogP contribution in [0.15, 0.2) is 48.7 Å². The molecule has 0 saturated carbocycles. The number of piperidine rings is 1. The number of nitriles is 1. The summed E-state index contributed by atoms with van der Waals surface area (Å²) in [5, 5.41) is 9.05. The second kappa shape index (κ2) is 9.44. The number of ether oxygens (including phenoxy) is 2. The van der Waals surface area contributed by atoms with Gasteiger partial charge >= 0.3 is 6.09 Å². The fourth-order valence-corrected chi connectivity index (χ4v) is 3.87.